The monoisotopic (exact) mass is 560 g/mol. The minimum atomic E-state index is -0.974. The van der Waals surface area contributed by atoms with E-state index in [1.807, 2.05) is 32.0 Å². The minimum absolute atomic E-state index is 0.0596. The van der Waals surface area contributed by atoms with E-state index in [2.05, 4.69) is 4.98 Å². The summed E-state index contributed by atoms with van der Waals surface area (Å²) in [6.07, 6.45) is 0. The van der Waals surface area contributed by atoms with Gasteiger partial charge in [0.2, 0.25) is 0 Å². The van der Waals surface area contributed by atoms with Crippen molar-refractivity contribution >= 4 is 44.1 Å². The van der Waals surface area contributed by atoms with E-state index in [0.717, 1.165) is 4.70 Å². The van der Waals surface area contributed by atoms with Gasteiger partial charge in [-0.05, 0) is 74.0 Å². The molecule has 0 radical (unpaired) electrons. The van der Waals surface area contributed by atoms with Crippen LogP contribution in [0.3, 0.4) is 0 Å². The highest BCUT2D eigenvalue weighted by molar-refractivity contribution is 7.22. The maximum absolute atomic E-state index is 13.6. The number of fused-ring (bicyclic) bond motifs is 1. The Labute approximate surface area is 235 Å². The molecule has 0 bridgehead atoms. The fraction of sp³-hybridized carbons (Fsp3) is 0.233. The Kier molecular flexibility index (Phi) is 7.61. The lowest BCUT2D eigenvalue weighted by Crippen LogP contribution is -2.29. The van der Waals surface area contributed by atoms with Gasteiger partial charge in [-0.25, -0.2) is 4.98 Å². The molecule has 1 fully saturated rings. The van der Waals surface area contributed by atoms with Crippen LogP contribution in [0.1, 0.15) is 31.0 Å². The fourth-order valence-corrected chi connectivity index (χ4v) is 5.65. The highest BCUT2D eigenvalue weighted by Crippen LogP contribution is 2.46. The number of carbonyl (C=O) groups is 2. The zero-order valence-corrected chi connectivity index (χ0v) is 23.3. The van der Waals surface area contributed by atoms with Crippen LogP contribution in [0.4, 0.5) is 5.13 Å². The molecule has 1 amide bonds. The first-order chi connectivity index (χ1) is 19.4. The number of benzene rings is 3. The molecule has 9 nitrogen and oxygen atoms in total. The van der Waals surface area contributed by atoms with Crippen LogP contribution in [0.5, 0.6) is 23.0 Å². The number of anilines is 1. The zero-order valence-electron chi connectivity index (χ0n) is 22.5. The van der Waals surface area contributed by atoms with Crippen LogP contribution >= 0.6 is 11.3 Å². The van der Waals surface area contributed by atoms with E-state index in [0.29, 0.717) is 58.0 Å². The summed E-state index contributed by atoms with van der Waals surface area (Å²) in [5, 5.41) is 11.7. The first kappa shape index (κ1) is 27.0. The average Bonchev–Trinajstić information content (AvgIpc) is 3.50. The van der Waals surface area contributed by atoms with Gasteiger partial charge in [-0.2, -0.15) is 0 Å². The zero-order chi connectivity index (χ0) is 28.4. The lowest BCUT2D eigenvalue weighted by atomic mass is 9.95. The number of methoxy groups -OCH3 is 2. The van der Waals surface area contributed by atoms with Gasteiger partial charge in [-0.1, -0.05) is 17.4 Å². The van der Waals surface area contributed by atoms with E-state index < -0.39 is 17.7 Å². The summed E-state index contributed by atoms with van der Waals surface area (Å²) in [5.41, 5.74) is 1.51. The van der Waals surface area contributed by atoms with Gasteiger partial charge < -0.3 is 24.1 Å². The second-order valence-electron chi connectivity index (χ2n) is 8.80. The number of ether oxygens (including phenoxy) is 4. The standard InChI is InChI=1S/C30H28N2O7S/c1-5-38-20-12-13-21-24(16-20)40-30(31-21)32-26(18-9-14-22(39-6-2)23(15-18)37-4)25(28(34)29(32)35)27(33)17-7-10-19(36-3)11-8-17/h7-16,26,33H,5-6H2,1-4H3/b27-25+. The number of aliphatic hydroxyl groups excluding tert-OH is 1. The third kappa shape index (κ3) is 4.82. The summed E-state index contributed by atoms with van der Waals surface area (Å²) in [6.45, 7) is 4.70. The van der Waals surface area contributed by atoms with Crippen molar-refractivity contribution in [1.82, 2.24) is 4.98 Å². The molecule has 4 aromatic rings. The van der Waals surface area contributed by atoms with Crippen molar-refractivity contribution in [2.45, 2.75) is 19.9 Å². The Morgan fingerprint density at radius 2 is 1.62 bits per heavy atom. The summed E-state index contributed by atoms with van der Waals surface area (Å²) in [6, 6.07) is 16.3. The number of ketones is 1. The van der Waals surface area contributed by atoms with Crippen molar-refractivity contribution in [3.05, 3.63) is 77.4 Å². The Hall–Kier alpha value is -4.57. The number of Topliss-reactive ketones (excluding diaryl/α,β-unsaturated/α-hetero) is 1. The van der Waals surface area contributed by atoms with Gasteiger partial charge >= 0.3 is 5.91 Å². The minimum Gasteiger partial charge on any atom is -0.507 e. The van der Waals surface area contributed by atoms with Crippen molar-refractivity contribution in [2.24, 2.45) is 0 Å². The van der Waals surface area contributed by atoms with Gasteiger partial charge in [0.05, 0.1) is 49.3 Å². The fourth-order valence-electron chi connectivity index (χ4n) is 4.63. The predicted molar refractivity (Wildman–Crippen MR) is 153 cm³/mol. The molecule has 206 valence electrons. The van der Waals surface area contributed by atoms with Crippen LogP contribution < -0.4 is 23.8 Å². The topological polar surface area (TPSA) is 107 Å². The van der Waals surface area contributed by atoms with Crippen molar-refractivity contribution < 1.29 is 33.6 Å². The van der Waals surface area contributed by atoms with Gasteiger partial charge in [0.25, 0.3) is 5.78 Å². The van der Waals surface area contributed by atoms with Crippen molar-refractivity contribution in [2.75, 3.05) is 32.3 Å². The van der Waals surface area contributed by atoms with E-state index in [1.165, 1.54) is 30.5 Å². The number of aromatic nitrogens is 1. The Morgan fingerprint density at radius 3 is 2.30 bits per heavy atom. The SMILES string of the molecule is CCOc1ccc2nc(N3C(=O)C(=O)/C(=C(/O)c4ccc(OC)cc4)C3c3ccc(OCC)c(OC)c3)sc2c1. The number of amides is 1. The van der Waals surface area contributed by atoms with Gasteiger partial charge in [-0.15, -0.1) is 0 Å². The normalized spacial score (nSPS) is 16.4. The highest BCUT2D eigenvalue weighted by atomic mass is 32.1. The third-order valence-corrected chi connectivity index (χ3v) is 7.49. The molecule has 0 aliphatic carbocycles. The Morgan fingerprint density at radius 1 is 0.900 bits per heavy atom. The summed E-state index contributed by atoms with van der Waals surface area (Å²) < 4.78 is 22.8. The smallest absolute Gasteiger partial charge is 0.301 e. The lowest BCUT2D eigenvalue weighted by molar-refractivity contribution is -0.132. The van der Waals surface area contributed by atoms with Gasteiger partial charge in [0.15, 0.2) is 16.6 Å². The third-order valence-electron chi connectivity index (χ3n) is 6.48. The molecule has 1 N–H and O–H groups in total. The van der Waals surface area contributed by atoms with Gasteiger partial charge in [0, 0.05) is 5.56 Å². The van der Waals surface area contributed by atoms with Crippen molar-refractivity contribution in [1.29, 1.82) is 0 Å². The Bertz CT molecular complexity index is 1610. The number of carbonyl (C=O) groups excluding carboxylic acids is 2. The van der Waals surface area contributed by atoms with Crippen LogP contribution in [0.2, 0.25) is 0 Å². The van der Waals surface area contributed by atoms with Gasteiger partial charge in [0.1, 0.15) is 17.3 Å². The maximum atomic E-state index is 13.6. The Balaban J connectivity index is 1.70. The van der Waals surface area contributed by atoms with E-state index >= 15 is 0 Å². The van der Waals surface area contributed by atoms with E-state index in [-0.39, 0.29) is 11.3 Å². The molecule has 5 rings (SSSR count). The number of aliphatic hydroxyl groups is 1. The molecule has 1 aliphatic rings. The average molecular weight is 561 g/mol. The number of thiazole rings is 1. The molecule has 0 spiro atoms. The number of rotatable bonds is 9. The molecule has 1 saturated heterocycles. The number of hydrogen-bond donors (Lipinski definition) is 1. The predicted octanol–water partition coefficient (Wildman–Crippen LogP) is 5.74. The summed E-state index contributed by atoms with van der Waals surface area (Å²) in [5.74, 6) is 0.299. The molecule has 1 atom stereocenters. The molecular formula is C30H28N2O7S. The molecule has 1 unspecified atom stereocenters. The highest BCUT2D eigenvalue weighted by Gasteiger charge is 2.48. The molecule has 0 saturated carbocycles. The van der Waals surface area contributed by atoms with E-state index in [1.54, 1.807) is 42.5 Å². The molecular weight excluding hydrogens is 532 g/mol. The molecule has 1 aliphatic heterocycles. The second kappa shape index (κ2) is 11.3. The van der Waals surface area contributed by atoms with Crippen LogP contribution in [0, 0.1) is 0 Å². The second-order valence-corrected chi connectivity index (χ2v) is 9.81. The summed E-state index contributed by atoms with van der Waals surface area (Å²) in [4.78, 5) is 33.2. The van der Waals surface area contributed by atoms with Crippen LogP contribution in [-0.2, 0) is 9.59 Å². The number of hydrogen-bond acceptors (Lipinski definition) is 9. The first-order valence-electron chi connectivity index (χ1n) is 12.7. The summed E-state index contributed by atoms with van der Waals surface area (Å²) in [7, 11) is 3.05. The molecule has 40 heavy (non-hydrogen) atoms. The quantitative estimate of drug-likeness (QED) is 0.157. The largest absolute Gasteiger partial charge is 0.507 e. The van der Waals surface area contributed by atoms with Crippen LogP contribution in [0.25, 0.3) is 16.0 Å². The van der Waals surface area contributed by atoms with E-state index in [9.17, 15) is 14.7 Å². The lowest BCUT2D eigenvalue weighted by Gasteiger charge is -2.24. The first-order valence-corrected chi connectivity index (χ1v) is 13.5. The van der Waals surface area contributed by atoms with Crippen molar-refractivity contribution in [3.63, 3.8) is 0 Å². The van der Waals surface area contributed by atoms with Crippen LogP contribution in [0.15, 0.2) is 66.2 Å². The van der Waals surface area contributed by atoms with Crippen molar-refractivity contribution in [3.8, 4) is 23.0 Å². The van der Waals surface area contributed by atoms with Gasteiger partial charge in [-0.3, -0.25) is 14.5 Å². The molecule has 10 heteroatoms. The number of nitrogens with zero attached hydrogens (tertiary/aromatic N) is 2. The maximum Gasteiger partial charge on any atom is 0.301 e. The summed E-state index contributed by atoms with van der Waals surface area (Å²) >= 11 is 1.26. The van der Waals surface area contributed by atoms with E-state index in [4.69, 9.17) is 18.9 Å². The molecule has 1 aromatic heterocycles. The van der Waals surface area contributed by atoms with Crippen LogP contribution in [-0.4, -0.2) is 49.2 Å². The molecule has 3 aromatic carbocycles. The molecule has 2 heterocycles.